The number of carbonyl (C=O) groups is 1. The van der Waals surface area contributed by atoms with Gasteiger partial charge in [0.05, 0.1) is 6.42 Å². The Morgan fingerprint density at radius 3 is 2.64 bits per heavy atom. The topological polar surface area (TPSA) is 63.3 Å². The summed E-state index contributed by atoms with van der Waals surface area (Å²) in [6, 6.07) is 3.67. The standard InChI is InChI=1S/C7H9NO2S/c8-4-6-2-1-5(11-6)3-7(9)10/h1-2H,3-4,8H2,(H,9,10). The highest BCUT2D eigenvalue weighted by Gasteiger charge is 2.02. The van der Waals surface area contributed by atoms with Gasteiger partial charge in [-0.2, -0.15) is 0 Å². The van der Waals surface area contributed by atoms with Gasteiger partial charge in [0.2, 0.25) is 0 Å². The van der Waals surface area contributed by atoms with Crippen molar-refractivity contribution in [2.24, 2.45) is 5.73 Å². The molecule has 1 rings (SSSR count). The van der Waals surface area contributed by atoms with Gasteiger partial charge in [0, 0.05) is 16.3 Å². The first-order valence-electron chi connectivity index (χ1n) is 3.22. The summed E-state index contributed by atoms with van der Waals surface area (Å²) >= 11 is 1.46. The molecule has 60 valence electrons. The van der Waals surface area contributed by atoms with Crippen LogP contribution in [-0.2, 0) is 17.8 Å². The molecular formula is C7H9NO2S. The molecule has 0 aliphatic rings. The molecule has 0 atom stereocenters. The molecule has 0 aliphatic heterocycles. The maximum Gasteiger partial charge on any atom is 0.308 e. The fourth-order valence-electron chi connectivity index (χ4n) is 0.776. The first-order chi connectivity index (χ1) is 5.22. The second-order valence-corrected chi connectivity index (χ2v) is 3.40. The lowest BCUT2D eigenvalue weighted by Crippen LogP contribution is -1.97. The molecule has 0 saturated carbocycles. The third-order valence-electron chi connectivity index (χ3n) is 1.24. The predicted molar refractivity (Wildman–Crippen MR) is 43.6 cm³/mol. The maximum absolute atomic E-state index is 10.2. The van der Waals surface area contributed by atoms with Crippen LogP contribution in [0.5, 0.6) is 0 Å². The summed E-state index contributed by atoms with van der Waals surface area (Å²) in [4.78, 5) is 12.1. The second-order valence-electron chi connectivity index (χ2n) is 2.14. The zero-order valence-electron chi connectivity index (χ0n) is 5.91. The van der Waals surface area contributed by atoms with Crippen LogP contribution < -0.4 is 5.73 Å². The van der Waals surface area contributed by atoms with Crippen molar-refractivity contribution in [1.82, 2.24) is 0 Å². The number of carboxylic acids is 1. The molecule has 1 aromatic heterocycles. The summed E-state index contributed by atoms with van der Waals surface area (Å²) in [5.74, 6) is -0.796. The van der Waals surface area contributed by atoms with Gasteiger partial charge in [0.25, 0.3) is 0 Å². The largest absolute Gasteiger partial charge is 0.481 e. The lowest BCUT2D eigenvalue weighted by atomic mass is 10.3. The molecule has 0 amide bonds. The Morgan fingerprint density at radius 1 is 1.55 bits per heavy atom. The Labute approximate surface area is 68.5 Å². The lowest BCUT2D eigenvalue weighted by Gasteiger charge is -1.87. The number of carboxylic acid groups (broad SMARTS) is 1. The normalized spacial score (nSPS) is 9.91. The minimum Gasteiger partial charge on any atom is -0.481 e. The molecule has 11 heavy (non-hydrogen) atoms. The van der Waals surface area contributed by atoms with E-state index in [0.717, 1.165) is 9.75 Å². The molecule has 0 aliphatic carbocycles. The van der Waals surface area contributed by atoms with E-state index in [9.17, 15) is 4.79 Å². The number of hydrogen-bond acceptors (Lipinski definition) is 3. The van der Waals surface area contributed by atoms with E-state index in [1.807, 2.05) is 6.07 Å². The smallest absolute Gasteiger partial charge is 0.308 e. The quantitative estimate of drug-likeness (QED) is 0.708. The zero-order chi connectivity index (χ0) is 8.27. The third kappa shape index (κ3) is 2.32. The van der Waals surface area contributed by atoms with E-state index in [0.29, 0.717) is 6.54 Å². The van der Waals surface area contributed by atoms with Crippen LogP contribution in [0.4, 0.5) is 0 Å². The average Bonchev–Trinajstić information content (AvgIpc) is 2.34. The summed E-state index contributed by atoms with van der Waals surface area (Å²) in [7, 11) is 0. The molecule has 0 spiro atoms. The van der Waals surface area contributed by atoms with E-state index >= 15 is 0 Å². The number of hydrogen-bond donors (Lipinski definition) is 2. The Bertz CT molecular complexity index is 257. The van der Waals surface area contributed by atoms with Crippen molar-refractivity contribution in [2.75, 3.05) is 0 Å². The van der Waals surface area contributed by atoms with Crippen LogP contribution in [0, 0.1) is 0 Å². The fraction of sp³-hybridized carbons (Fsp3) is 0.286. The predicted octanol–water partition coefficient (Wildman–Crippen LogP) is 0.834. The fourth-order valence-corrected chi connectivity index (χ4v) is 1.66. The summed E-state index contributed by atoms with van der Waals surface area (Å²) in [5, 5.41) is 8.42. The molecule has 0 bridgehead atoms. The average molecular weight is 171 g/mol. The van der Waals surface area contributed by atoms with Crippen LogP contribution in [0.15, 0.2) is 12.1 Å². The van der Waals surface area contributed by atoms with Gasteiger partial charge in [-0.3, -0.25) is 4.79 Å². The van der Waals surface area contributed by atoms with E-state index in [-0.39, 0.29) is 6.42 Å². The van der Waals surface area contributed by atoms with Crippen molar-refractivity contribution in [3.05, 3.63) is 21.9 Å². The molecule has 0 saturated heterocycles. The van der Waals surface area contributed by atoms with E-state index in [2.05, 4.69) is 0 Å². The van der Waals surface area contributed by atoms with Crippen molar-refractivity contribution >= 4 is 17.3 Å². The minimum atomic E-state index is -0.796. The maximum atomic E-state index is 10.2. The molecule has 1 aromatic rings. The van der Waals surface area contributed by atoms with E-state index in [4.69, 9.17) is 10.8 Å². The molecule has 3 N–H and O–H groups in total. The molecule has 0 radical (unpaired) electrons. The first-order valence-corrected chi connectivity index (χ1v) is 4.03. The Balaban J connectivity index is 2.65. The van der Waals surface area contributed by atoms with Crippen LogP contribution >= 0.6 is 11.3 Å². The minimum absolute atomic E-state index is 0.102. The molecule has 0 aromatic carbocycles. The van der Waals surface area contributed by atoms with Crippen molar-refractivity contribution < 1.29 is 9.90 Å². The molecule has 1 heterocycles. The zero-order valence-corrected chi connectivity index (χ0v) is 6.73. The van der Waals surface area contributed by atoms with Crippen LogP contribution in [0.1, 0.15) is 9.75 Å². The van der Waals surface area contributed by atoms with E-state index < -0.39 is 5.97 Å². The summed E-state index contributed by atoms with van der Waals surface area (Å²) in [5.41, 5.74) is 5.36. The number of rotatable bonds is 3. The van der Waals surface area contributed by atoms with Crippen molar-refractivity contribution in [3.63, 3.8) is 0 Å². The van der Waals surface area contributed by atoms with Crippen molar-refractivity contribution in [2.45, 2.75) is 13.0 Å². The SMILES string of the molecule is NCc1ccc(CC(=O)O)s1. The number of nitrogens with two attached hydrogens (primary N) is 1. The van der Waals surface area contributed by atoms with Crippen molar-refractivity contribution in [3.8, 4) is 0 Å². The summed E-state index contributed by atoms with van der Waals surface area (Å²) < 4.78 is 0. The molecular weight excluding hydrogens is 162 g/mol. The molecule has 4 heteroatoms. The van der Waals surface area contributed by atoms with Gasteiger partial charge in [0.1, 0.15) is 0 Å². The van der Waals surface area contributed by atoms with Gasteiger partial charge in [-0.1, -0.05) is 0 Å². The van der Waals surface area contributed by atoms with Crippen LogP contribution in [0.2, 0.25) is 0 Å². The first kappa shape index (κ1) is 8.23. The van der Waals surface area contributed by atoms with Crippen LogP contribution in [0.3, 0.4) is 0 Å². The van der Waals surface area contributed by atoms with E-state index in [1.165, 1.54) is 11.3 Å². The number of thiophene rings is 1. The second kappa shape index (κ2) is 3.50. The lowest BCUT2D eigenvalue weighted by molar-refractivity contribution is -0.136. The molecule has 0 unspecified atom stereocenters. The molecule has 3 nitrogen and oxygen atoms in total. The van der Waals surface area contributed by atoms with Gasteiger partial charge < -0.3 is 10.8 Å². The summed E-state index contributed by atoms with van der Waals surface area (Å²) in [6.45, 7) is 0.490. The van der Waals surface area contributed by atoms with E-state index in [1.54, 1.807) is 6.07 Å². The summed E-state index contributed by atoms with van der Waals surface area (Å²) in [6.07, 6.45) is 0.102. The Morgan fingerprint density at radius 2 is 2.18 bits per heavy atom. The highest BCUT2D eigenvalue weighted by molar-refractivity contribution is 7.12. The van der Waals surface area contributed by atoms with Gasteiger partial charge >= 0.3 is 5.97 Å². The van der Waals surface area contributed by atoms with Crippen LogP contribution in [0.25, 0.3) is 0 Å². The number of aliphatic carboxylic acids is 1. The van der Waals surface area contributed by atoms with Crippen LogP contribution in [-0.4, -0.2) is 11.1 Å². The third-order valence-corrected chi connectivity index (χ3v) is 2.35. The van der Waals surface area contributed by atoms with Gasteiger partial charge in [-0.25, -0.2) is 0 Å². The highest BCUT2D eigenvalue weighted by Crippen LogP contribution is 2.15. The molecule has 0 fully saturated rings. The van der Waals surface area contributed by atoms with Crippen molar-refractivity contribution in [1.29, 1.82) is 0 Å². The Kier molecular flexibility index (Phi) is 2.62. The van der Waals surface area contributed by atoms with Gasteiger partial charge in [-0.15, -0.1) is 11.3 Å². The monoisotopic (exact) mass is 171 g/mol. The van der Waals surface area contributed by atoms with Gasteiger partial charge in [0.15, 0.2) is 0 Å². The Hall–Kier alpha value is -0.870. The van der Waals surface area contributed by atoms with Gasteiger partial charge in [-0.05, 0) is 12.1 Å². The highest BCUT2D eigenvalue weighted by atomic mass is 32.1.